The fourth-order valence-corrected chi connectivity index (χ4v) is 2.65. The molecule has 2 aromatic heterocycles. The van der Waals surface area contributed by atoms with E-state index in [2.05, 4.69) is 27.8 Å². The van der Waals surface area contributed by atoms with E-state index in [0.29, 0.717) is 18.9 Å². The summed E-state index contributed by atoms with van der Waals surface area (Å²) in [6.45, 7) is 4.40. The van der Waals surface area contributed by atoms with Gasteiger partial charge in [-0.15, -0.1) is 10.2 Å². The van der Waals surface area contributed by atoms with Crippen molar-refractivity contribution < 1.29 is 4.79 Å². The number of fused-ring (bicyclic) bond motifs is 1. The molecule has 3 heterocycles. The highest BCUT2D eigenvalue weighted by Crippen LogP contribution is 2.15. The van der Waals surface area contributed by atoms with Crippen molar-refractivity contribution in [2.24, 2.45) is 11.8 Å². The van der Waals surface area contributed by atoms with Gasteiger partial charge in [0.1, 0.15) is 5.82 Å². The van der Waals surface area contributed by atoms with Crippen LogP contribution in [0.3, 0.4) is 0 Å². The molecule has 3 rings (SSSR count). The van der Waals surface area contributed by atoms with Crippen molar-refractivity contribution in [3.8, 4) is 0 Å². The molecule has 0 bridgehead atoms. The molecule has 2 N–H and O–H groups in total. The Labute approximate surface area is 117 Å². The van der Waals surface area contributed by atoms with Crippen molar-refractivity contribution in [1.82, 2.24) is 25.2 Å². The van der Waals surface area contributed by atoms with Crippen LogP contribution in [0.2, 0.25) is 0 Å². The number of aromatic nitrogens is 3. The Morgan fingerprint density at radius 3 is 3.15 bits per heavy atom. The summed E-state index contributed by atoms with van der Waals surface area (Å²) in [5.74, 6) is 1.50. The van der Waals surface area contributed by atoms with Crippen LogP contribution in [0.25, 0.3) is 5.65 Å². The van der Waals surface area contributed by atoms with Gasteiger partial charge in [-0.25, -0.2) is 0 Å². The predicted octanol–water partition coefficient (Wildman–Crippen LogP) is 0.244. The van der Waals surface area contributed by atoms with E-state index < -0.39 is 0 Å². The van der Waals surface area contributed by atoms with Crippen LogP contribution < -0.4 is 10.6 Å². The Bertz CT molecular complexity index is 608. The Morgan fingerprint density at radius 1 is 1.45 bits per heavy atom. The maximum atomic E-state index is 12.1. The molecule has 1 saturated heterocycles. The molecule has 20 heavy (non-hydrogen) atoms. The second-order valence-corrected chi connectivity index (χ2v) is 5.33. The first-order valence-corrected chi connectivity index (χ1v) is 7.03. The fourth-order valence-electron chi connectivity index (χ4n) is 2.65. The Balaban J connectivity index is 1.56. The average molecular weight is 273 g/mol. The molecule has 2 atom stereocenters. The van der Waals surface area contributed by atoms with Crippen LogP contribution in [0.4, 0.5) is 0 Å². The molecular formula is C14H19N5O. The van der Waals surface area contributed by atoms with Crippen LogP contribution in [0.1, 0.15) is 12.7 Å². The molecule has 0 aromatic carbocycles. The van der Waals surface area contributed by atoms with Gasteiger partial charge in [-0.05, 0) is 24.6 Å². The Morgan fingerprint density at radius 2 is 2.35 bits per heavy atom. The van der Waals surface area contributed by atoms with Crippen molar-refractivity contribution in [1.29, 1.82) is 0 Å². The third-order valence-corrected chi connectivity index (χ3v) is 3.89. The van der Waals surface area contributed by atoms with Crippen molar-refractivity contribution >= 4 is 11.6 Å². The minimum absolute atomic E-state index is 0.0881. The zero-order valence-electron chi connectivity index (χ0n) is 11.5. The predicted molar refractivity (Wildman–Crippen MR) is 75.2 cm³/mol. The molecule has 0 radical (unpaired) electrons. The van der Waals surface area contributed by atoms with Gasteiger partial charge in [0.05, 0.1) is 5.92 Å². The molecule has 1 aliphatic rings. The van der Waals surface area contributed by atoms with Gasteiger partial charge in [-0.1, -0.05) is 13.0 Å². The summed E-state index contributed by atoms with van der Waals surface area (Å²) in [6.07, 6.45) is 2.63. The van der Waals surface area contributed by atoms with Crippen molar-refractivity contribution in [2.75, 3.05) is 19.6 Å². The molecule has 2 unspecified atom stereocenters. The molecule has 0 spiro atoms. The van der Waals surface area contributed by atoms with Crippen LogP contribution in [0.15, 0.2) is 24.4 Å². The van der Waals surface area contributed by atoms with Crippen molar-refractivity contribution in [3.05, 3.63) is 30.2 Å². The first-order chi connectivity index (χ1) is 9.75. The third-order valence-electron chi connectivity index (χ3n) is 3.89. The lowest BCUT2D eigenvalue weighted by molar-refractivity contribution is -0.125. The highest BCUT2D eigenvalue weighted by Gasteiger charge is 2.29. The summed E-state index contributed by atoms with van der Waals surface area (Å²) >= 11 is 0. The second kappa shape index (κ2) is 5.58. The molecule has 6 heteroatoms. The standard InChI is InChI=1S/C14H19N5O/c1-10-8-15-9-11(10)14(20)16-6-5-13-18-17-12-4-2-3-7-19(12)13/h2-4,7,10-11,15H,5-6,8-9H2,1H3,(H,16,20). The number of hydrogen-bond acceptors (Lipinski definition) is 4. The lowest BCUT2D eigenvalue weighted by Gasteiger charge is -2.13. The van der Waals surface area contributed by atoms with Crippen LogP contribution in [-0.2, 0) is 11.2 Å². The SMILES string of the molecule is CC1CNCC1C(=O)NCCc1nnc2ccccn12. The largest absolute Gasteiger partial charge is 0.355 e. The van der Waals surface area contributed by atoms with E-state index >= 15 is 0 Å². The molecular weight excluding hydrogens is 254 g/mol. The molecule has 1 fully saturated rings. The quantitative estimate of drug-likeness (QED) is 0.837. The topological polar surface area (TPSA) is 71.3 Å². The lowest BCUT2D eigenvalue weighted by atomic mass is 9.97. The Kier molecular flexibility index (Phi) is 3.64. The Hall–Kier alpha value is -1.95. The highest BCUT2D eigenvalue weighted by molar-refractivity contribution is 5.79. The number of carbonyl (C=O) groups excluding carboxylic acids is 1. The molecule has 0 saturated carbocycles. The summed E-state index contributed by atoms with van der Waals surface area (Å²) in [4.78, 5) is 12.1. The van der Waals surface area contributed by atoms with Gasteiger partial charge in [-0.2, -0.15) is 0 Å². The van der Waals surface area contributed by atoms with Crippen LogP contribution in [-0.4, -0.2) is 40.1 Å². The van der Waals surface area contributed by atoms with Crippen LogP contribution in [0, 0.1) is 11.8 Å². The van der Waals surface area contributed by atoms with Gasteiger partial charge < -0.3 is 10.6 Å². The van der Waals surface area contributed by atoms with E-state index in [4.69, 9.17) is 0 Å². The number of rotatable bonds is 4. The number of pyridine rings is 1. The van der Waals surface area contributed by atoms with E-state index in [-0.39, 0.29) is 11.8 Å². The number of nitrogens with one attached hydrogen (secondary N) is 2. The maximum absolute atomic E-state index is 12.1. The molecule has 1 aliphatic heterocycles. The lowest BCUT2D eigenvalue weighted by Crippen LogP contribution is -2.35. The zero-order valence-corrected chi connectivity index (χ0v) is 11.5. The number of amides is 1. The van der Waals surface area contributed by atoms with Crippen LogP contribution >= 0.6 is 0 Å². The number of hydrogen-bond donors (Lipinski definition) is 2. The number of nitrogens with zero attached hydrogens (tertiary/aromatic N) is 3. The fraction of sp³-hybridized carbons (Fsp3) is 0.500. The second-order valence-electron chi connectivity index (χ2n) is 5.33. The third kappa shape index (κ3) is 2.51. The first-order valence-electron chi connectivity index (χ1n) is 7.03. The minimum atomic E-state index is 0.0881. The van der Waals surface area contributed by atoms with Gasteiger partial charge in [-0.3, -0.25) is 9.20 Å². The summed E-state index contributed by atoms with van der Waals surface area (Å²) < 4.78 is 1.95. The highest BCUT2D eigenvalue weighted by atomic mass is 16.1. The van der Waals surface area contributed by atoms with Gasteiger partial charge in [0.15, 0.2) is 5.65 Å². The van der Waals surface area contributed by atoms with Crippen LogP contribution in [0.5, 0.6) is 0 Å². The van der Waals surface area contributed by atoms with Crippen molar-refractivity contribution in [3.63, 3.8) is 0 Å². The van der Waals surface area contributed by atoms with E-state index in [1.54, 1.807) is 0 Å². The summed E-state index contributed by atoms with van der Waals surface area (Å²) in [5.41, 5.74) is 0.836. The number of carbonyl (C=O) groups is 1. The zero-order chi connectivity index (χ0) is 13.9. The summed E-state index contributed by atoms with van der Waals surface area (Å²) in [7, 11) is 0. The minimum Gasteiger partial charge on any atom is -0.355 e. The monoisotopic (exact) mass is 273 g/mol. The smallest absolute Gasteiger partial charge is 0.224 e. The van der Waals surface area contributed by atoms with Gasteiger partial charge >= 0.3 is 0 Å². The molecule has 0 aliphatic carbocycles. The molecule has 106 valence electrons. The van der Waals surface area contributed by atoms with Gasteiger partial charge in [0, 0.05) is 25.7 Å². The maximum Gasteiger partial charge on any atom is 0.224 e. The average Bonchev–Trinajstić information content (AvgIpc) is 3.05. The summed E-state index contributed by atoms with van der Waals surface area (Å²) in [5, 5.41) is 14.5. The van der Waals surface area contributed by atoms with Gasteiger partial charge in [0.25, 0.3) is 0 Å². The van der Waals surface area contributed by atoms with E-state index in [0.717, 1.165) is 24.6 Å². The van der Waals surface area contributed by atoms with E-state index in [1.807, 2.05) is 28.8 Å². The normalized spacial score (nSPS) is 22.2. The molecule has 2 aromatic rings. The van der Waals surface area contributed by atoms with Gasteiger partial charge in [0.2, 0.25) is 5.91 Å². The summed E-state index contributed by atoms with van der Waals surface area (Å²) in [6, 6.07) is 5.80. The first kappa shape index (κ1) is 13.1. The molecule has 6 nitrogen and oxygen atoms in total. The van der Waals surface area contributed by atoms with Crippen molar-refractivity contribution in [2.45, 2.75) is 13.3 Å². The van der Waals surface area contributed by atoms with E-state index in [9.17, 15) is 4.79 Å². The molecule has 1 amide bonds. The van der Waals surface area contributed by atoms with E-state index in [1.165, 1.54) is 0 Å².